The quantitative estimate of drug-likeness (QED) is 0.853. The summed E-state index contributed by atoms with van der Waals surface area (Å²) in [5.41, 5.74) is 0.485. The lowest BCUT2D eigenvalue weighted by Crippen LogP contribution is -2.25. The number of hydrogen-bond donors (Lipinski definition) is 1. The van der Waals surface area contributed by atoms with Crippen LogP contribution in [0.3, 0.4) is 0 Å². The summed E-state index contributed by atoms with van der Waals surface area (Å²) in [6.45, 7) is 0.214. The summed E-state index contributed by atoms with van der Waals surface area (Å²) in [5.74, 6) is 1.50. The molecule has 2 rings (SSSR count). The second kappa shape index (κ2) is 5.67. The zero-order valence-electron chi connectivity index (χ0n) is 10.1. The van der Waals surface area contributed by atoms with E-state index >= 15 is 0 Å². The Morgan fingerprint density at radius 1 is 1.61 bits per heavy atom. The number of hydrogen-bond acceptors (Lipinski definition) is 6. The summed E-state index contributed by atoms with van der Waals surface area (Å²) in [6.07, 6.45) is 3.53. The summed E-state index contributed by atoms with van der Waals surface area (Å²) in [7, 11) is 1.71. The Morgan fingerprint density at radius 2 is 2.44 bits per heavy atom. The van der Waals surface area contributed by atoms with E-state index in [-0.39, 0.29) is 12.5 Å². The zero-order chi connectivity index (χ0) is 13.0. The Balaban J connectivity index is 1.91. The third-order valence-electron chi connectivity index (χ3n) is 2.24. The van der Waals surface area contributed by atoms with Gasteiger partial charge in [-0.1, -0.05) is 5.16 Å². The largest absolute Gasteiger partial charge is 0.342 e. The first kappa shape index (κ1) is 12.6. The second-order valence-electron chi connectivity index (χ2n) is 3.56. The minimum Gasteiger partial charge on any atom is -0.342 e. The lowest BCUT2D eigenvalue weighted by atomic mass is 10.4. The molecular formula is C10H13N5O2S. The fraction of sp³-hybridized carbons (Fsp3) is 0.400. The normalized spacial score (nSPS) is 10.6. The maximum atomic E-state index is 11.8. The molecular weight excluding hydrogens is 254 g/mol. The van der Waals surface area contributed by atoms with E-state index in [4.69, 9.17) is 4.52 Å². The van der Waals surface area contributed by atoms with Crippen LogP contribution in [0.1, 0.15) is 22.2 Å². The second-order valence-corrected chi connectivity index (χ2v) is 4.43. The predicted molar refractivity (Wildman–Crippen MR) is 65.9 cm³/mol. The van der Waals surface area contributed by atoms with Gasteiger partial charge in [-0.2, -0.15) is 21.8 Å². The summed E-state index contributed by atoms with van der Waals surface area (Å²) in [6, 6.07) is 1.64. The number of aromatic nitrogens is 4. The molecule has 0 aromatic carbocycles. The van der Waals surface area contributed by atoms with Gasteiger partial charge in [-0.3, -0.25) is 9.48 Å². The number of rotatable bonds is 5. The van der Waals surface area contributed by atoms with Crippen LogP contribution in [0.4, 0.5) is 0 Å². The minimum atomic E-state index is -0.223. The summed E-state index contributed by atoms with van der Waals surface area (Å²) < 4.78 is 6.51. The van der Waals surface area contributed by atoms with Crippen molar-refractivity contribution in [2.24, 2.45) is 7.05 Å². The van der Waals surface area contributed by atoms with E-state index in [1.165, 1.54) is 4.68 Å². The molecule has 0 bridgehead atoms. The van der Waals surface area contributed by atoms with E-state index in [9.17, 15) is 4.79 Å². The first-order chi connectivity index (χ1) is 8.70. The van der Waals surface area contributed by atoms with E-state index in [0.717, 1.165) is 0 Å². The molecule has 0 aliphatic heterocycles. The van der Waals surface area contributed by atoms with Gasteiger partial charge in [-0.15, -0.1) is 0 Å². The van der Waals surface area contributed by atoms with Gasteiger partial charge in [0.2, 0.25) is 5.89 Å². The van der Waals surface area contributed by atoms with E-state index in [1.54, 1.807) is 31.1 Å². The van der Waals surface area contributed by atoms with Crippen LogP contribution in [0.2, 0.25) is 0 Å². The molecule has 0 atom stereocenters. The molecule has 7 nitrogen and oxygen atoms in total. The Labute approximate surface area is 108 Å². The number of amides is 1. The molecule has 0 aliphatic carbocycles. The average Bonchev–Trinajstić information content (AvgIpc) is 2.96. The van der Waals surface area contributed by atoms with Crippen LogP contribution in [-0.4, -0.2) is 32.1 Å². The molecule has 0 saturated carbocycles. The van der Waals surface area contributed by atoms with E-state index in [0.29, 0.717) is 23.2 Å². The summed E-state index contributed by atoms with van der Waals surface area (Å²) in [5, 5.41) is 10.4. The number of thioether (sulfide) groups is 1. The molecule has 2 aromatic rings. The van der Waals surface area contributed by atoms with Crippen molar-refractivity contribution in [3.8, 4) is 0 Å². The number of carbonyl (C=O) groups excluding carboxylic acids is 1. The molecule has 0 fully saturated rings. The van der Waals surface area contributed by atoms with Crippen LogP contribution in [0.5, 0.6) is 0 Å². The van der Waals surface area contributed by atoms with Crippen LogP contribution >= 0.6 is 11.8 Å². The molecule has 18 heavy (non-hydrogen) atoms. The topological polar surface area (TPSA) is 85.8 Å². The third-order valence-corrected chi connectivity index (χ3v) is 2.78. The van der Waals surface area contributed by atoms with Gasteiger partial charge in [0.1, 0.15) is 5.69 Å². The smallest absolute Gasteiger partial charge is 0.269 e. The molecule has 8 heteroatoms. The Morgan fingerprint density at radius 3 is 3.11 bits per heavy atom. The minimum absolute atomic E-state index is 0.214. The SMILES string of the molecule is CSCc1noc(CNC(=O)c2ccnn2C)n1. The molecule has 1 amide bonds. The van der Waals surface area contributed by atoms with Gasteiger partial charge < -0.3 is 9.84 Å². The van der Waals surface area contributed by atoms with Crippen molar-refractivity contribution in [2.45, 2.75) is 12.3 Å². The highest BCUT2D eigenvalue weighted by atomic mass is 32.2. The number of carbonyl (C=O) groups is 1. The standard InChI is InChI=1S/C10H13N5O2S/c1-15-7(3-4-12-15)10(16)11-5-9-13-8(6-18-2)14-17-9/h3-4H,5-6H2,1-2H3,(H,11,16). The van der Waals surface area contributed by atoms with Gasteiger partial charge in [-0.25, -0.2) is 0 Å². The highest BCUT2D eigenvalue weighted by Gasteiger charge is 2.11. The molecule has 2 aromatic heterocycles. The number of nitrogens with zero attached hydrogens (tertiary/aromatic N) is 4. The van der Waals surface area contributed by atoms with E-state index in [1.807, 2.05) is 6.26 Å². The summed E-state index contributed by atoms with van der Waals surface area (Å²) >= 11 is 1.61. The number of aryl methyl sites for hydroxylation is 1. The number of nitrogens with one attached hydrogen (secondary N) is 1. The van der Waals surface area contributed by atoms with Crippen molar-refractivity contribution in [3.05, 3.63) is 29.7 Å². The van der Waals surface area contributed by atoms with Gasteiger partial charge in [-0.05, 0) is 12.3 Å². The molecule has 0 unspecified atom stereocenters. The molecule has 0 saturated heterocycles. The van der Waals surface area contributed by atoms with Gasteiger partial charge >= 0.3 is 0 Å². The Bertz CT molecular complexity index is 536. The van der Waals surface area contributed by atoms with Crippen LogP contribution in [0, 0.1) is 0 Å². The highest BCUT2D eigenvalue weighted by Crippen LogP contribution is 2.05. The molecule has 1 N–H and O–H groups in total. The third kappa shape index (κ3) is 2.89. The fourth-order valence-corrected chi connectivity index (χ4v) is 1.77. The average molecular weight is 267 g/mol. The van der Waals surface area contributed by atoms with Gasteiger partial charge in [0.15, 0.2) is 5.82 Å². The first-order valence-corrected chi connectivity index (χ1v) is 6.66. The van der Waals surface area contributed by atoms with Crippen molar-refractivity contribution >= 4 is 17.7 Å². The van der Waals surface area contributed by atoms with Crippen molar-refractivity contribution in [3.63, 3.8) is 0 Å². The van der Waals surface area contributed by atoms with E-state index < -0.39 is 0 Å². The van der Waals surface area contributed by atoms with Crippen LogP contribution in [0.15, 0.2) is 16.8 Å². The van der Waals surface area contributed by atoms with Gasteiger partial charge in [0.25, 0.3) is 5.91 Å². The van der Waals surface area contributed by atoms with Crippen molar-refractivity contribution in [1.29, 1.82) is 0 Å². The monoisotopic (exact) mass is 267 g/mol. The zero-order valence-corrected chi connectivity index (χ0v) is 10.9. The lowest BCUT2D eigenvalue weighted by molar-refractivity contribution is 0.0937. The molecule has 2 heterocycles. The van der Waals surface area contributed by atoms with Crippen LogP contribution in [0.25, 0.3) is 0 Å². The van der Waals surface area contributed by atoms with Gasteiger partial charge in [0, 0.05) is 13.2 Å². The van der Waals surface area contributed by atoms with Crippen LogP contribution < -0.4 is 5.32 Å². The molecule has 0 radical (unpaired) electrons. The van der Waals surface area contributed by atoms with Crippen molar-refractivity contribution in [2.75, 3.05) is 6.26 Å². The fourth-order valence-electron chi connectivity index (χ4n) is 1.39. The molecule has 0 aliphatic rings. The highest BCUT2D eigenvalue weighted by molar-refractivity contribution is 7.97. The van der Waals surface area contributed by atoms with Gasteiger partial charge in [0.05, 0.1) is 12.3 Å². The summed E-state index contributed by atoms with van der Waals surface area (Å²) in [4.78, 5) is 15.9. The maximum absolute atomic E-state index is 11.8. The van der Waals surface area contributed by atoms with E-state index in [2.05, 4.69) is 20.6 Å². The maximum Gasteiger partial charge on any atom is 0.269 e. The first-order valence-electron chi connectivity index (χ1n) is 5.27. The Kier molecular flexibility index (Phi) is 3.98. The van der Waals surface area contributed by atoms with Crippen molar-refractivity contribution < 1.29 is 9.32 Å². The Hall–Kier alpha value is -1.83. The predicted octanol–water partition coefficient (Wildman–Crippen LogP) is 0.596. The molecule has 0 spiro atoms. The lowest BCUT2D eigenvalue weighted by Gasteiger charge is -2.01. The van der Waals surface area contributed by atoms with Crippen molar-refractivity contribution in [1.82, 2.24) is 25.2 Å². The van der Waals surface area contributed by atoms with Crippen LogP contribution in [-0.2, 0) is 19.3 Å². The molecule has 96 valence electrons.